The summed E-state index contributed by atoms with van der Waals surface area (Å²) < 4.78 is 28.6. The van der Waals surface area contributed by atoms with Gasteiger partial charge in [0.15, 0.2) is 9.84 Å². The first-order valence-electron chi connectivity index (χ1n) is 8.28. The molecule has 0 spiro atoms. The quantitative estimate of drug-likeness (QED) is 0.810. The third-order valence-electron chi connectivity index (χ3n) is 4.91. The van der Waals surface area contributed by atoms with E-state index in [-0.39, 0.29) is 23.5 Å². The normalized spacial score (nSPS) is 24.1. The third-order valence-corrected chi connectivity index (χ3v) is 6.66. The van der Waals surface area contributed by atoms with Gasteiger partial charge in [-0.2, -0.15) is 0 Å². The lowest BCUT2D eigenvalue weighted by Crippen LogP contribution is -2.52. The van der Waals surface area contributed by atoms with E-state index < -0.39 is 9.84 Å². The molecule has 132 valence electrons. The Morgan fingerprint density at radius 3 is 2.50 bits per heavy atom. The molecule has 0 saturated carbocycles. The Kier molecular flexibility index (Phi) is 4.83. The second-order valence-electron chi connectivity index (χ2n) is 6.59. The van der Waals surface area contributed by atoms with Gasteiger partial charge in [0.05, 0.1) is 24.2 Å². The average Bonchev–Trinajstić information content (AvgIpc) is 2.94. The number of carbonyl (C=O) groups is 1. The molecule has 1 aromatic carbocycles. The van der Waals surface area contributed by atoms with Crippen molar-refractivity contribution in [3.8, 4) is 5.75 Å². The Bertz CT molecular complexity index is 724. The minimum absolute atomic E-state index is 0.0192. The Hall–Kier alpha value is -1.60. The van der Waals surface area contributed by atoms with Crippen molar-refractivity contribution in [2.24, 2.45) is 0 Å². The van der Waals surface area contributed by atoms with Crippen LogP contribution in [0.3, 0.4) is 0 Å². The van der Waals surface area contributed by atoms with Crippen LogP contribution in [0.15, 0.2) is 18.2 Å². The molecule has 2 heterocycles. The van der Waals surface area contributed by atoms with Crippen molar-refractivity contribution in [1.82, 2.24) is 9.80 Å². The van der Waals surface area contributed by atoms with Gasteiger partial charge in [0.1, 0.15) is 5.75 Å². The first kappa shape index (κ1) is 17.2. The molecular formula is C17H24N2O4S. The molecule has 7 heteroatoms. The zero-order valence-corrected chi connectivity index (χ0v) is 15.0. The van der Waals surface area contributed by atoms with Gasteiger partial charge in [0.25, 0.3) is 5.91 Å². The number of benzene rings is 1. The summed E-state index contributed by atoms with van der Waals surface area (Å²) in [5, 5.41) is 0. The lowest BCUT2D eigenvalue weighted by Gasteiger charge is -2.37. The molecule has 2 aliphatic rings. The number of sulfone groups is 1. The lowest BCUT2D eigenvalue weighted by atomic mass is 10.1. The van der Waals surface area contributed by atoms with Gasteiger partial charge in [0, 0.05) is 32.2 Å². The molecule has 3 rings (SSSR count). The summed E-state index contributed by atoms with van der Waals surface area (Å²) in [6.45, 7) is 4.63. The van der Waals surface area contributed by atoms with E-state index in [2.05, 4.69) is 4.90 Å². The van der Waals surface area contributed by atoms with Crippen LogP contribution >= 0.6 is 0 Å². The molecular weight excluding hydrogens is 328 g/mol. The number of rotatable bonds is 3. The van der Waals surface area contributed by atoms with Gasteiger partial charge in [-0.25, -0.2) is 8.42 Å². The van der Waals surface area contributed by atoms with Crippen LogP contribution < -0.4 is 4.74 Å². The summed E-state index contributed by atoms with van der Waals surface area (Å²) in [6.07, 6.45) is 0.710. The second-order valence-corrected chi connectivity index (χ2v) is 8.82. The zero-order chi connectivity index (χ0) is 17.3. The molecule has 2 aliphatic heterocycles. The van der Waals surface area contributed by atoms with Crippen molar-refractivity contribution in [2.75, 3.05) is 44.8 Å². The highest BCUT2D eigenvalue weighted by Gasteiger charge is 2.34. The summed E-state index contributed by atoms with van der Waals surface area (Å²) in [5.74, 6) is 1.12. The van der Waals surface area contributed by atoms with Crippen LogP contribution in [0.4, 0.5) is 0 Å². The maximum Gasteiger partial charge on any atom is 0.257 e. The molecule has 1 amide bonds. The maximum atomic E-state index is 12.8. The number of amides is 1. The van der Waals surface area contributed by atoms with Crippen LogP contribution in [0.5, 0.6) is 5.75 Å². The van der Waals surface area contributed by atoms with E-state index in [1.165, 1.54) is 0 Å². The van der Waals surface area contributed by atoms with Crippen LogP contribution in [0.2, 0.25) is 0 Å². The van der Waals surface area contributed by atoms with Gasteiger partial charge in [-0.1, -0.05) is 11.6 Å². The zero-order valence-electron chi connectivity index (χ0n) is 14.2. The minimum atomic E-state index is -2.87. The number of hydrogen-bond donors (Lipinski definition) is 0. The highest BCUT2D eigenvalue weighted by atomic mass is 32.2. The molecule has 0 aliphatic carbocycles. The summed E-state index contributed by atoms with van der Waals surface area (Å²) >= 11 is 0. The van der Waals surface area contributed by atoms with Crippen molar-refractivity contribution >= 4 is 15.7 Å². The van der Waals surface area contributed by atoms with Crippen LogP contribution in [-0.2, 0) is 9.84 Å². The largest absolute Gasteiger partial charge is 0.496 e. The van der Waals surface area contributed by atoms with Crippen LogP contribution in [-0.4, -0.2) is 75.0 Å². The van der Waals surface area contributed by atoms with Crippen LogP contribution in [0.25, 0.3) is 0 Å². The topological polar surface area (TPSA) is 66.9 Å². The molecule has 0 N–H and O–H groups in total. The fraction of sp³-hybridized carbons (Fsp3) is 0.588. The molecule has 24 heavy (non-hydrogen) atoms. The highest BCUT2D eigenvalue weighted by Crippen LogP contribution is 2.23. The number of aryl methyl sites for hydroxylation is 1. The van der Waals surface area contributed by atoms with E-state index in [9.17, 15) is 13.2 Å². The number of piperazine rings is 1. The average molecular weight is 352 g/mol. The standard InChI is InChI=1S/C17H24N2O4S/c1-13-3-4-16(23-2)15(11-13)17(20)19-8-6-18(7-9-19)14-5-10-24(21,22)12-14/h3-4,11,14H,5-10,12H2,1-2H3/t14-/m0/s1. The minimum Gasteiger partial charge on any atom is -0.496 e. The van der Waals surface area contributed by atoms with Crippen LogP contribution in [0, 0.1) is 6.92 Å². The van der Waals surface area contributed by atoms with Gasteiger partial charge in [-0.3, -0.25) is 9.69 Å². The molecule has 1 aromatic rings. The first-order valence-corrected chi connectivity index (χ1v) is 10.1. The summed E-state index contributed by atoms with van der Waals surface area (Å²) in [6, 6.07) is 5.72. The van der Waals surface area contributed by atoms with Crippen molar-refractivity contribution in [1.29, 1.82) is 0 Å². The second kappa shape index (κ2) is 6.72. The van der Waals surface area contributed by atoms with E-state index in [1.807, 2.05) is 30.0 Å². The predicted molar refractivity (Wildman–Crippen MR) is 92.3 cm³/mol. The van der Waals surface area contributed by atoms with E-state index in [4.69, 9.17) is 4.74 Å². The summed E-state index contributed by atoms with van der Waals surface area (Å²) in [4.78, 5) is 16.8. The number of nitrogens with zero attached hydrogens (tertiary/aromatic N) is 2. The first-order chi connectivity index (χ1) is 11.4. The van der Waals surface area contributed by atoms with E-state index >= 15 is 0 Å². The van der Waals surface area contributed by atoms with Crippen molar-refractivity contribution in [2.45, 2.75) is 19.4 Å². The van der Waals surface area contributed by atoms with Gasteiger partial charge in [-0.05, 0) is 25.5 Å². The number of methoxy groups -OCH3 is 1. The maximum absolute atomic E-state index is 12.8. The van der Waals surface area contributed by atoms with Gasteiger partial charge >= 0.3 is 0 Å². The molecule has 2 fully saturated rings. The number of hydrogen-bond acceptors (Lipinski definition) is 5. The fourth-order valence-electron chi connectivity index (χ4n) is 3.51. The lowest BCUT2D eigenvalue weighted by molar-refractivity contribution is 0.0584. The monoisotopic (exact) mass is 352 g/mol. The van der Waals surface area contributed by atoms with Gasteiger partial charge in [-0.15, -0.1) is 0 Å². The van der Waals surface area contributed by atoms with Gasteiger partial charge in [0.2, 0.25) is 0 Å². The Morgan fingerprint density at radius 2 is 1.92 bits per heavy atom. The molecule has 0 unspecified atom stereocenters. The van der Waals surface area contributed by atoms with Crippen molar-refractivity contribution in [3.05, 3.63) is 29.3 Å². The van der Waals surface area contributed by atoms with Crippen molar-refractivity contribution < 1.29 is 17.9 Å². The molecule has 0 bridgehead atoms. The summed E-state index contributed by atoms with van der Waals surface area (Å²) in [7, 11) is -1.30. The Balaban J connectivity index is 1.65. The SMILES string of the molecule is COc1ccc(C)cc1C(=O)N1CCN([C@H]2CCS(=O)(=O)C2)CC1. The smallest absolute Gasteiger partial charge is 0.257 e. The third kappa shape index (κ3) is 3.57. The van der Waals surface area contributed by atoms with E-state index in [1.54, 1.807) is 7.11 Å². The molecule has 0 radical (unpaired) electrons. The van der Waals surface area contributed by atoms with E-state index in [0.29, 0.717) is 30.8 Å². The van der Waals surface area contributed by atoms with E-state index in [0.717, 1.165) is 18.7 Å². The highest BCUT2D eigenvalue weighted by molar-refractivity contribution is 7.91. The molecule has 6 nitrogen and oxygen atoms in total. The molecule has 2 saturated heterocycles. The number of ether oxygens (including phenoxy) is 1. The molecule has 0 aromatic heterocycles. The molecule has 1 atom stereocenters. The number of carbonyl (C=O) groups excluding carboxylic acids is 1. The van der Waals surface area contributed by atoms with Crippen molar-refractivity contribution in [3.63, 3.8) is 0 Å². The van der Waals surface area contributed by atoms with Gasteiger partial charge < -0.3 is 9.64 Å². The summed E-state index contributed by atoms with van der Waals surface area (Å²) in [5.41, 5.74) is 1.61. The predicted octanol–water partition coefficient (Wildman–Crippen LogP) is 0.949. The Labute approximate surface area is 143 Å². The Morgan fingerprint density at radius 1 is 1.21 bits per heavy atom. The van der Waals surface area contributed by atoms with Crippen LogP contribution in [0.1, 0.15) is 22.3 Å². The fourth-order valence-corrected chi connectivity index (χ4v) is 5.27.